The third-order valence-corrected chi connectivity index (χ3v) is 5.05. The van der Waals surface area contributed by atoms with Gasteiger partial charge in [-0.25, -0.2) is 0 Å². The van der Waals surface area contributed by atoms with Crippen LogP contribution in [0.3, 0.4) is 0 Å². The van der Waals surface area contributed by atoms with E-state index in [1.165, 1.54) is 23.3 Å². The third-order valence-electron chi connectivity index (χ3n) is 2.93. The molecule has 0 spiro atoms. The summed E-state index contributed by atoms with van der Waals surface area (Å²) >= 11 is 5.46. The van der Waals surface area contributed by atoms with Gasteiger partial charge in [0.1, 0.15) is 0 Å². The number of halogens is 1. The maximum absolute atomic E-state index is 5.86. The van der Waals surface area contributed by atoms with E-state index in [2.05, 4.69) is 34.1 Å². The molecule has 0 aromatic heterocycles. The van der Waals surface area contributed by atoms with Crippen LogP contribution in [0.2, 0.25) is 0 Å². The second-order valence-corrected chi connectivity index (χ2v) is 6.34. The topological polar surface area (TPSA) is 35.2 Å². The number of hydrogen-bond acceptors (Lipinski definition) is 3. The molecule has 0 aliphatic carbocycles. The summed E-state index contributed by atoms with van der Waals surface area (Å²) in [5.41, 5.74) is 7.02. The molecule has 1 heterocycles. The number of hydrogen-bond donors (Lipinski definition) is 1. The molecule has 1 saturated heterocycles. The molecule has 1 unspecified atom stereocenters. The first-order valence-electron chi connectivity index (χ1n) is 5.96. The zero-order valence-electron chi connectivity index (χ0n) is 9.99. The highest BCUT2D eigenvalue weighted by atomic mass is 79.9. The Hall–Kier alpha value is -0.0300. The van der Waals surface area contributed by atoms with E-state index in [0.29, 0.717) is 6.10 Å². The summed E-state index contributed by atoms with van der Waals surface area (Å²) in [4.78, 5) is 1.27. The van der Waals surface area contributed by atoms with Gasteiger partial charge in [-0.05, 0) is 53.4 Å². The Morgan fingerprint density at radius 2 is 2.41 bits per heavy atom. The van der Waals surface area contributed by atoms with Gasteiger partial charge in [0.15, 0.2) is 0 Å². The zero-order valence-corrected chi connectivity index (χ0v) is 12.4. The predicted octanol–water partition coefficient (Wildman–Crippen LogP) is 3.74. The zero-order chi connectivity index (χ0) is 12.3. The number of nitrogens with two attached hydrogens (primary N) is 1. The molecule has 0 saturated carbocycles. The summed E-state index contributed by atoms with van der Waals surface area (Å²) in [5.74, 6) is 1.04. The smallest absolute Gasteiger partial charge is 0.0669 e. The average Bonchev–Trinajstić information content (AvgIpc) is 2.80. The second kappa shape index (κ2) is 6.23. The van der Waals surface area contributed by atoms with E-state index in [1.807, 2.05) is 18.7 Å². The predicted molar refractivity (Wildman–Crippen MR) is 76.4 cm³/mol. The Morgan fingerprint density at radius 3 is 3.00 bits per heavy atom. The lowest BCUT2D eigenvalue weighted by Crippen LogP contribution is -2.08. The van der Waals surface area contributed by atoms with Gasteiger partial charge in [0.2, 0.25) is 0 Å². The van der Waals surface area contributed by atoms with Crippen LogP contribution in [0.1, 0.15) is 31.4 Å². The fraction of sp³-hybridized carbons (Fsp3) is 0.538. The molecule has 1 fully saturated rings. The molecule has 1 aromatic rings. The first-order chi connectivity index (χ1) is 8.16. The minimum atomic E-state index is 0.0866. The minimum absolute atomic E-state index is 0.0866. The monoisotopic (exact) mass is 315 g/mol. The number of ether oxygens (including phenoxy) is 1. The molecule has 2 nitrogen and oxygen atoms in total. The van der Waals surface area contributed by atoms with E-state index in [1.54, 1.807) is 0 Å². The van der Waals surface area contributed by atoms with E-state index in [9.17, 15) is 0 Å². The average molecular weight is 316 g/mol. The molecule has 2 atom stereocenters. The molecule has 1 aliphatic heterocycles. The SMILES string of the molecule is C[C@H](N)c1ccc(SCC2CCCO2)c(Br)c1. The first kappa shape index (κ1) is 13.4. The van der Waals surface area contributed by atoms with Crippen molar-refractivity contribution < 1.29 is 4.74 Å². The Kier molecular flexibility index (Phi) is 4.91. The van der Waals surface area contributed by atoms with Crippen LogP contribution in [0, 0.1) is 0 Å². The Morgan fingerprint density at radius 1 is 1.59 bits per heavy atom. The van der Waals surface area contributed by atoms with Gasteiger partial charge < -0.3 is 10.5 Å². The molecule has 0 amide bonds. The van der Waals surface area contributed by atoms with Crippen LogP contribution < -0.4 is 5.73 Å². The van der Waals surface area contributed by atoms with Gasteiger partial charge in [0.05, 0.1) is 6.10 Å². The lowest BCUT2D eigenvalue weighted by molar-refractivity contribution is 0.129. The maximum Gasteiger partial charge on any atom is 0.0669 e. The third kappa shape index (κ3) is 3.71. The van der Waals surface area contributed by atoms with Crippen molar-refractivity contribution in [3.8, 4) is 0 Å². The summed E-state index contributed by atoms with van der Waals surface area (Å²) in [5, 5.41) is 0. The van der Waals surface area contributed by atoms with Crippen molar-refractivity contribution in [1.29, 1.82) is 0 Å². The normalized spacial score (nSPS) is 21.7. The molecule has 1 aromatic carbocycles. The highest BCUT2D eigenvalue weighted by Gasteiger charge is 2.16. The molecule has 17 heavy (non-hydrogen) atoms. The van der Waals surface area contributed by atoms with Gasteiger partial charge in [0, 0.05) is 27.8 Å². The number of thioether (sulfide) groups is 1. The van der Waals surface area contributed by atoms with Gasteiger partial charge >= 0.3 is 0 Å². The molecule has 2 N–H and O–H groups in total. The van der Waals surface area contributed by atoms with Gasteiger partial charge in [-0.15, -0.1) is 11.8 Å². The van der Waals surface area contributed by atoms with Crippen LogP contribution in [0.15, 0.2) is 27.6 Å². The van der Waals surface area contributed by atoms with Gasteiger partial charge in [-0.3, -0.25) is 0 Å². The van der Waals surface area contributed by atoms with Crippen molar-refractivity contribution >= 4 is 27.7 Å². The highest BCUT2D eigenvalue weighted by Crippen LogP contribution is 2.31. The standard InChI is InChI=1S/C13H18BrNOS/c1-9(15)10-4-5-13(12(14)7-10)17-8-11-3-2-6-16-11/h4-5,7,9,11H,2-3,6,8,15H2,1H3/t9-,11?/m0/s1. The van der Waals surface area contributed by atoms with E-state index >= 15 is 0 Å². The maximum atomic E-state index is 5.86. The van der Waals surface area contributed by atoms with E-state index < -0.39 is 0 Å². The van der Waals surface area contributed by atoms with Crippen LogP contribution >= 0.6 is 27.7 Å². The molecule has 4 heteroatoms. The fourth-order valence-electron chi connectivity index (χ4n) is 1.88. The minimum Gasteiger partial charge on any atom is -0.377 e. The molecule has 94 valence electrons. The summed E-state index contributed by atoms with van der Waals surface area (Å²) in [7, 11) is 0. The number of rotatable bonds is 4. The van der Waals surface area contributed by atoms with E-state index in [4.69, 9.17) is 10.5 Å². The highest BCUT2D eigenvalue weighted by molar-refractivity contribution is 9.10. The molecular weight excluding hydrogens is 298 g/mol. The summed E-state index contributed by atoms with van der Waals surface area (Å²) < 4.78 is 6.75. The van der Waals surface area contributed by atoms with Crippen LogP contribution in [-0.2, 0) is 4.74 Å². The lowest BCUT2D eigenvalue weighted by Gasteiger charge is -2.12. The van der Waals surface area contributed by atoms with Crippen molar-refractivity contribution in [2.75, 3.05) is 12.4 Å². The Labute approximate surface area is 115 Å². The molecular formula is C13H18BrNOS. The lowest BCUT2D eigenvalue weighted by atomic mass is 10.1. The number of benzene rings is 1. The Balaban J connectivity index is 1.96. The molecule has 0 radical (unpaired) electrons. The van der Waals surface area contributed by atoms with Crippen LogP contribution in [-0.4, -0.2) is 18.5 Å². The van der Waals surface area contributed by atoms with Gasteiger partial charge in [-0.1, -0.05) is 6.07 Å². The van der Waals surface area contributed by atoms with E-state index in [0.717, 1.165) is 16.8 Å². The van der Waals surface area contributed by atoms with Crippen molar-refractivity contribution in [1.82, 2.24) is 0 Å². The summed E-state index contributed by atoms with van der Waals surface area (Å²) in [6.45, 7) is 2.93. The quantitative estimate of drug-likeness (QED) is 0.860. The van der Waals surface area contributed by atoms with Crippen molar-refractivity contribution in [2.45, 2.75) is 36.8 Å². The molecule has 1 aliphatic rings. The second-order valence-electron chi connectivity index (χ2n) is 4.42. The fourth-order valence-corrected chi connectivity index (χ4v) is 3.61. The first-order valence-corrected chi connectivity index (χ1v) is 7.74. The summed E-state index contributed by atoms with van der Waals surface area (Å²) in [6.07, 6.45) is 2.83. The van der Waals surface area contributed by atoms with Gasteiger partial charge in [-0.2, -0.15) is 0 Å². The van der Waals surface area contributed by atoms with Crippen molar-refractivity contribution in [3.63, 3.8) is 0 Å². The summed E-state index contributed by atoms with van der Waals surface area (Å²) in [6, 6.07) is 6.45. The van der Waals surface area contributed by atoms with Gasteiger partial charge in [0.25, 0.3) is 0 Å². The molecule has 0 bridgehead atoms. The Bertz CT molecular complexity index is 378. The van der Waals surface area contributed by atoms with E-state index in [-0.39, 0.29) is 6.04 Å². The van der Waals surface area contributed by atoms with Crippen LogP contribution in [0.25, 0.3) is 0 Å². The molecule has 2 rings (SSSR count). The largest absolute Gasteiger partial charge is 0.377 e. The van der Waals surface area contributed by atoms with Crippen molar-refractivity contribution in [2.24, 2.45) is 5.73 Å². The van der Waals surface area contributed by atoms with Crippen LogP contribution in [0.5, 0.6) is 0 Å². The van der Waals surface area contributed by atoms with Crippen LogP contribution in [0.4, 0.5) is 0 Å². The van der Waals surface area contributed by atoms with Crippen molar-refractivity contribution in [3.05, 3.63) is 28.2 Å².